The van der Waals surface area contributed by atoms with Gasteiger partial charge in [-0.3, -0.25) is 9.89 Å². The van der Waals surface area contributed by atoms with Crippen LogP contribution in [-0.2, 0) is 0 Å². The average molecular weight is 237 g/mol. The van der Waals surface area contributed by atoms with Gasteiger partial charge in [0.1, 0.15) is 11.4 Å². The number of amides is 1. The Morgan fingerprint density at radius 2 is 2.53 bits per heavy atom. The van der Waals surface area contributed by atoms with Crippen LogP contribution in [0.3, 0.4) is 0 Å². The van der Waals surface area contributed by atoms with Gasteiger partial charge in [-0.25, -0.2) is 0 Å². The van der Waals surface area contributed by atoms with Gasteiger partial charge in [-0.15, -0.1) is 0 Å². The molecular weight excluding hydrogens is 218 g/mol. The minimum absolute atomic E-state index is 0.0726. The van der Waals surface area contributed by atoms with Crippen molar-refractivity contribution in [1.29, 1.82) is 0 Å². The number of H-pyrrole nitrogens is 1. The molecule has 1 aliphatic rings. The predicted molar refractivity (Wildman–Crippen MR) is 65.6 cm³/mol. The summed E-state index contributed by atoms with van der Waals surface area (Å²) in [5.41, 5.74) is 6.09. The zero-order valence-corrected chi connectivity index (χ0v) is 10.3. The Labute approximate surface area is 101 Å². The van der Waals surface area contributed by atoms with E-state index in [0.717, 1.165) is 19.5 Å². The molecule has 0 aromatic carbocycles. The van der Waals surface area contributed by atoms with Gasteiger partial charge in [0.05, 0.1) is 6.20 Å². The van der Waals surface area contributed by atoms with Gasteiger partial charge in [0.2, 0.25) is 0 Å². The van der Waals surface area contributed by atoms with Gasteiger partial charge < -0.3 is 15.5 Å². The number of nitrogens with two attached hydrogens (primary N) is 1. The topological polar surface area (TPSA) is 78.2 Å². The third-order valence-electron chi connectivity index (χ3n) is 3.40. The van der Waals surface area contributed by atoms with E-state index in [1.807, 2.05) is 0 Å². The van der Waals surface area contributed by atoms with Crippen LogP contribution in [0.15, 0.2) is 6.20 Å². The number of aromatic nitrogens is 2. The molecule has 0 bridgehead atoms. The molecule has 1 atom stereocenters. The molecule has 1 fully saturated rings. The van der Waals surface area contributed by atoms with Crippen molar-refractivity contribution in [1.82, 2.24) is 20.0 Å². The van der Waals surface area contributed by atoms with Crippen LogP contribution in [0.5, 0.6) is 0 Å². The zero-order chi connectivity index (χ0) is 12.4. The summed E-state index contributed by atoms with van der Waals surface area (Å²) in [5, 5.41) is 6.34. The first kappa shape index (κ1) is 11.9. The number of likely N-dealkylation sites (N-methyl/N-ethyl adjacent to an activating group) is 2. The lowest BCUT2D eigenvalue weighted by Gasteiger charge is -2.25. The van der Waals surface area contributed by atoms with Gasteiger partial charge in [-0.05, 0) is 26.4 Å². The number of likely N-dealkylation sites (tertiary alicyclic amines) is 1. The van der Waals surface area contributed by atoms with Crippen molar-refractivity contribution in [3.05, 3.63) is 11.8 Å². The van der Waals surface area contributed by atoms with Gasteiger partial charge >= 0.3 is 0 Å². The summed E-state index contributed by atoms with van der Waals surface area (Å²) in [4.78, 5) is 16.1. The summed E-state index contributed by atoms with van der Waals surface area (Å²) >= 11 is 0. The van der Waals surface area contributed by atoms with E-state index in [9.17, 15) is 4.79 Å². The monoisotopic (exact) mass is 237 g/mol. The summed E-state index contributed by atoms with van der Waals surface area (Å²) in [6.45, 7) is 1.85. The summed E-state index contributed by atoms with van der Waals surface area (Å²) in [5.74, 6) is 0.262. The van der Waals surface area contributed by atoms with E-state index < -0.39 is 0 Å². The molecule has 6 heteroatoms. The fourth-order valence-corrected chi connectivity index (χ4v) is 2.28. The second kappa shape index (κ2) is 4.75. The number of carbonyl (C=O) groups excluding carboxylic acids is 1. The number of anilines is 1. The van der Waals surface area contributed by atoms with Gasteiger partial charge in [-0.1, -0.05) is 0 Å². The zero-order valence-electron chi connectivity index (χ0n) is 10.3. The molecule has 0 saturated carbocycles. The van der Waals surface area contributed by atoms with Crippen molar-refractivity contribution < 1.29 is 4.79 Å². The maximum Gasteiger partial charge on any atom is 0.259 e. The van der Waals surface area contributed by atoms with Crippen LogP contribution >= 0.6 is 0 Å². The lowest BCUT2D eigenvalue weighted by molar-refractivity contribution is 0.0762. The first-order valence-electron chi connectivity index (χ1n) is 5.84. The van der Waals surface area contributed by atoms with Crippen molar-refractivity contribution in [2.24, 2.45) is 0 Å². The SMILES string of the molecule is CN(CC1CCCN1C)C(=O)c1cn[nH]c1N. The molecule has 2 heterocycles. The molecule has 1 amide bonds. The number of rotatable bonds is 3. The summed E-state index contributed by atoms with van der Waals surface area (Å²) in [6.07, 6.45) is 3.83. The van der Waals surface area contributed by atoms with Gasteiger partial charge in [0, 0.05) is 19.6 Å². The average Bonchev–Trinajstić information content (AvgIpc) is 2.88. The molecule has 2 rings (SSSR count). The highest BCUT2D eigenvalue weighted by molar-refractivity contribution is 5.97. The quantitative estimate of drug-likeness (QED) is 0.785. The number of hydrogen-bond acceptors (Lipinski definition) is 4. The largest absolute Gasteiger partial charge is 0.383 e. The van der Waals surface area contributed by atoms with Gasteiger partial charge in [0.15, 0.2) is 0 Å². The van der Waals surface area contributed by atoms with Crippen molar-refractivity contribution in [2.75, 3.05) is 32.9 Å². The molecule has 1 aliphatic heterocycles. The predicted octanol–water partition coefficient (Wildman–Crippen LogP) is 0.158. The van der Waals surface area contributed by atoms with Gasteiger partial charge in [-0.2, -0.15) is 5.10 Å². The third kappa shape index (κ3) is 2.41. The van der Waals surface area contributed by atoms with Crippen molar-refractivity contribution in [2.45, 2.75) is 18.9 Å². The minimum Gasteiger partial charge on any atom is -0.383 e. The van der Waals surface area contributed by atoms with Crippen molar-refractivity contribution in [3.63, 3.8) is 0 Å². The van der Waals surface area contributed by atoms with Gasteiger partial charge in [0.25, 0.3) is 5.91 Å². The summed E-state index contributed by atoms with van der Waals surface area (Å²) < 4.78 is 0. The molecule has 6 nitrogen and oxygen atoms in total. The Hall–Kier alpha value is -1.56. The fourth-order valence-electron chi connectivity index (χ4n) is 2.28. The van der Waals surface area contributed by atoms with E-state index >= 15 is 0 Å². The Morgan fingerprint density at radius 3 is 3.06 bits per heavy atom. The molecule has 1 saturated heterocycles. The van der Waals surface area contributed by atoms with Crippen LogP contribution in [0.1, 0.15) is 23.2 Å². The molecule has 1 unspecified atom stereocenters. The molecule has 1 aromatic rings. The van der Waals surface area contributed by atoms with E-state index in [-0.39, 0.29) is 5.91 Å². The lowest BCUT2D eigenvalue weighted by atomic mass is 10.2. The van der Waals surface area contributed by atoms with Crippen LogP contribution in [0.4, 0.5) is 5.82 Å². The van der Waals surface area contributed by atoms with E-state index in [2.05, 4.69) is 22.1 Å². The number of aromatic amines is 1. The van der Waals surface area contributed by atoms with Crippen LogP contribution < -0.4 is 5.73 Å². The Bertz CT molecular complexity index is 402. The van der Waals surface area contributed by atoms with Crippen LogP contribution in [0, 0.1) is 0 Å². The molecule has 3 N–H and O–H groups in total. The number of hydrogen-bond donors (Lipinski definition) is 2. The third-order valence-corrected chi connectivity index (χ3v) is 3.40. The van der Waals surface area contributed by atoms with E-state index in [4.69, 9.17) is 5.73 Å². The second-order valence-corrected chi connectivity index (χ2v) is 4.66. The van der Waals surface area contributed by atoms with Crippen molar-refractivity contribution in [3.8, 4) is 0 Å². The molecule has 1 aromatic heterocycles. The van der Waals surface area contributed by atoms with Crippen LogP contribution in [0.25, 0.3) is 0 Å². The standard InChI is InChI=1S/C11H19N5O/c1-15-5-3-4-8(15)7-16(2)11(17)9-6-13-14-10(9)12/h6,8H,3-5,7H2,1-2H3,(H3,12,13,14). The maximum atomic E-state index is 12.1. The number of nitrogen functional groups attached to an aromatic ring is 1. The normalized spacial score (nSPS) is 20.7. The summed E-state index contributed by atoms with van der Waals surface area (Å²) in [6, 6.07) is 0.456. The molecule has 94 valence electrons. The Balaban J connectivity index is 1.98. The van der Waals surface area contributed by atoms with Crippen molar-refractivity contribution >= 4 is 11.7 Å². The molecular formula is C11H19N5O. The summed E-state index contributed by atoms with van der Waals surface area (Å²) in [7, 11) is 3.91. The smallest absolute Gasteiger partial charge is 0.259 e. The van der Waals surface area contributed by atoms with E-state index in [1.54, 1.807) is 11.9 Å². The molecule has 0 spiro atoms. The Kier molecular flexibility index (Phi) is 3.33. The first-order chi connectivity index (χ1) is 8.09. The molecule has 0 radical (unpaired) electrons. The highest BCUT2D eigenvalue weighted by atomic mass is 16.2. The first-order valence-corrected chi connectivity index (χ1v) is 5.84. The number of nitrogens with one attached hydrogen (secondary N) is 1. The molecule has 17 heavy (non-hydrogen) atoms. The second-order valence-electron chi connectivity index (χ2n) is 4.66. The minimum atomic E-state index is -0.0726. The van der Waals surface area contributed by atoms with E-state index in [1.165, 1.54) is 12.6 Å². The van der Waals surface area contributed by atoms with Crippen LogP contribution in [-0.4, -0.2) is 59.1 Å². The van der Waals surface area contributed by atoms with Crippen LogP contribution in [0.2, 0.25) is 0 Å². The number of nitrogens with zero attached hydrogens (tertiary/aromatic N) is 3. The molecule has 0 aliphatic carbocycles. The van der Waals surface area contributed by atoms with E-state index in [0.29, 0.717) is 17.4 Å². The highest BCUT2D eigenvalue weighted by Gasteiger charge is 2.25. The number of carbonyl (C=O) groups is 1. The fraction of sp³-hybridized carbons (Fsp3) is 0.636. The maximum absolute atomic E-state index is 12.1. The lowest BCUT2D eigenvalue weighted by Crippen LogP contribution is -2.39. The Morgan fingerprint density at radius 1 is 1.76 bits per heavy atom. The highest BCUT2D eigenvalue weighted by Crippen LogP contribution is 2.17.